The monoisotopic (exact) mass is 476 g/mol. The molecule has 33 heavy (non-hydrogen) atoms. The van der Waals surface area contributed by atoms with Crippen LogP contribution in [0.1, 0.15) is 22.3 Å². The second-order valence-corrected chi connectivity index (χ2v) is 8.60. The molecule has 0 fully saturated rings. The number of hydrazone groups is 1. The van der Waals surface area contributed by atoms with Crippen molar-refractivity contribution in [2.45, 2.75) is 24.4 Å². The standard InChI is InChI=1S/C23H19F3N2O4S/c1-16-9-11-20(12-10-16)33(30,31)32-21-8-3-2-6-18(21)15-27-28-22(29)14-17-5-4-7-19(13-17)23(24,25)26/h2-13,15H,14H2,1H3,(H,28,29)/b27-15-. The first kappa shape index (κ1) is 24.0. The van der Waals surface area contributed by atoms with Gasteiger partial charge in [-0.3, -0.25) is 4.79 Å². The van der Waals surface area contributed by atoms with Crippen LogP contribution in [0.5, 0.6) is 5.75 Å². The number of nitrogens with zero attached hydrogens (tertiary/aromatic N) is 1. The van der Waals surface area contributed by atoms with Gasteiger partial charge in [0, 0.05) is 5.56 Å². The van der Waals surface area contributed by atoms with E-state index in [1.54, 1.807) is 24.3 Å². The second kappa shape index (κ2) is 9.86. The number of amides is 1. The number of benzene rings is 3. The molecule has 6 nitrogen and oxygen atoms in total. The highest BCUT2D eigenvalue weighted by Crippen LogP contribution is 2.29. The first-order valence-corrected chi connectivity index (χ1v) is 11.0. The number of aryl methyl sites for hydroxylation is 1. The highest BCUT2D eigenvalue weighted by atomic mass is 32.2. The lowest BCUT2D eigenvalue weighted by atomic mass is 10.1. The summed E-state index contributed by atoms with van der Waals surface area (Å²) in [5.74, 6) is -0.648. The van der Waals surface area contributed by atoms with Gasteiger partial charge in [0.15, 0.2) is 5.75 Å². The SMILES string of the molecule is Cc1ccc(S(=O)(=O)Oc2ccccc2/C=N\NC(=O)Cc2cccc(C(F)(F)F)c2)cc1. The third-order valence-corrected chi connectivity index (χ3v) is 5.69. The number of halogens is 3. The molecule has 0 spiro atoms. The summed E-state index contributed by atoms with van der Waals surface area (Å²) in [6.07, 6.45) is -3.64. The summed E-state index contributed by atoms with van der Waals surface area (Å²) in [6.45, 7) is 1.82. The number of carbonyl (C=O) groups excluding carboxylic acids is 1. The van der Waals surface area contributed by atoms with Crippen LogP contribution >= 0.6 is 0 Å². The Morgan fingerprint density at radius 3 is 2.42 bits per heavy atom. The summed E-state index contributed by atoms with van der Waals surface area (Å²) in [5.41, 5.74) is 2.69. The number of hydrogen-bond acceptors (Lipinski definition) is 5. The average Bonchev–Trinajstić information content (AvgIpc) is 2.74. The minimum Gasteiger partial charge on any atom is -0.378 e. The molecule has 0 saturated heterocycles. The van der Waals surface area contributed by atoms with Gasteiger partial charge in [0.05, 0.1) is 18.2 Å². The zero-order chi connectivity index (χ0) is 24.1. The zero-order valence-corrected chi connectivity index (χ0v) is 18.2. The fourth-order valence-electron chi connectivity index (χ4n) is 2.79. The van der Waals surface area contributed by atoms with Crippen LogP contribution in [0.2, 0.25) is 0 Å². The minimum absolute atomic E-state index is 0.00560. The van der Waals surface area contributed by atoms with Gasteiger partial charge >= 0.3 is 16.3 Å². The molecule has 0 heterocycles. The number of rotatable bonds is 7. The Hall–Kier alpha value is -3.66. The number of alkyl halides is 3. The van der Waals surface area contributed by atoms with E-state index in [9.17, 15) is 26.4 Å². The summed E-state index contributed by atoms with van der Waals surface area (Å²) in [5, 5.41) is 3.76. The van der Waals surface area contributed by atoms with Gasteiger partial charge in [-0.2, -0.15) is 26.7 Å². The number of nitrogens with one attached hydrogen (secondary N) is 1. The molecule has 0 unspecified atom stereocenters. The van der Waals surface area contributed by atoms with E-state index in [0.29, 0.717) is 0 Å². The quantitative estimate of drug-likeness (QED) is 0.310. The summed E-state index contributed by atoms with van der Waals surface area (Å²) in [6, 6.07) is 16.7. The Kier molecular flexibility index (Phi) is 7.17. The van der Waals surface area contributed by atoms with E-state index in [1.807, 2.05) is 6.92 Å². The maximum absolute atomic E-state index is 12.8. The van der Waals surface area contributed by atoms with E-state index >= 15 is 0 Å². The van der Waals surface area contributed by atoms with Crippen molar-refractivity contribution in [3.05, 3.63) is 95.1 Å². The van der Waals surface area contributed by atoms with Crippen molar-refractivity contribution in [2.24, 2.45) is 5.10 Å². The first-order chi connectivity index (χ1) is 15.5. The Bertz CT molecular complexity index is 1270. The molecule has 1 amide bonds. The Labute approximate surface area is 188 Å². The molecule has 0 aliphatic heterocycles. The molecular formula is C23H19F3N2O4S. The van der Waals surface area contributed by atoms with Crippen LogP contribution in [0.3, 0.4) is 0 Å². The lowest BCUT2D eigenvalue weighted by Crippen LogP contribution is -2.20. The first-order valence-electron chi connectivity index (χ1n) is 9.63. The van der Waals surface area contributed by atoms with E-state index in [-0.39, 0.29) is 28.2 Å². The smallest absolute Gasteiger partial charge is 0.378 e. The number of carbonyl (C=O) groups is 1. The highest BCUT2D eigenvalue weighted by molar-refractivity contribution is 7.87. The average molecular weight is 476 g/mol. The molecule has 172 valence electrons. The lowest BCUT2D eigenvalue weighted by molar-refractivity contribution is -0.137. The van der Waals surface area contributed by atoms with Crippen molar-refractivity contribution in [3.8, 4) is 5.75 Å². The van der Waals surface area contributed by atoms with Crippen LogP contribution in [-0.2, 0) is 27.5 Å². The fraction of sp³-hybridized carbons (Fsp3) is 0.130. The van der Waals surface area contributed by atoms with E-state index < -0.39 is 27.8 Å². The van der Waals surface area contributed by atoms with Crippen molar-refractivity contribution < 1.29 is 30.6 Å². The van der Waals surface area contributed by atoms with Gasteiger partial charge in [-0.25, -0.2) is 5.43 Å². The van der Waals surface area contributed by atoms with E-state index in [1.165, 1.54) is 42.6 Å². The summed E-state index contributed by atoms with van der Waals surface area (Å²) < 4.78 is 68.7. The van der Waals surface area contributed by atoms with Gasteiger partial charge in [0.25, 0.3) is 0 Å². The number of hydrogen-bond donors (Lipinski definition) is 1. The molecule has 0 bridgehead atoms. The molecule has 10 heteroatoms. The third kappa shape index (κ3) is 6.66. The van der Waals surface area contributed by atoms with Gasteiger partial charge in [0.1, 0.15) is 4.90 Å². The van der Waals surface area contributed by atoms with Crippen LogP contribution in [0.15, 0.2) is 82.8 Å². The zero-order valence-electron chi connectivity index (χ0n) is 17.3. The molecular weight excluding hydrogens is 457 g/mol. The van der Waals surface area contributed by atoms with E-state index in [4.69, 9.17) is 4.18 Å². The molecule has 0 aliphatic carbocycles. The van der Waals surface area contributed by atoms with Crippen LogP contribution in [0.25, 0.3) is 0 Å². The Morgan fingerprint density at radius 1 is 1.03 bits per heavy atom. The topological polar surface area (TPSA) is 84.8 Å². The molecule has 1 N–H and O–H groups in total. The Balaban J connectivity index is 1.68. The van der Waals surface area contributed by atoms with Gasteiger partial charge in [0.2, 0.25) is 5.91 Å². The van der Waals surface area contributed by atoms with Crippen molar-refractivity contribution in [1.82, 2.24) is 5.43 Å². The molecule has 0 saturated carbocycles. The highest BCUT2D eigenvalue weighted by Gasteiger charge is 2.30. The van der Waals surface area contributed by atoms with Gasteiger partial charge in [-0.05, 0) is 42.8 Å². The predicted octanol–water partition coefficient (Wildman–Crippen LogP) is 4.47. The third-order valence-electron chi connectivity index (χ3n) is 4.44. The Morgan fingerprint density at radius 2 is 1.73 bits per heavy atom. The molecule has 3 aromatic rings. The molecule has 0 radical (unpaired) electrons. The maximum Gasteiger partial charge on any atom is 0.416 e. The van der Waals surface area contributed by atoms with Crippen molar-refractivity contribution in [3.63, 3.8) is 0 Å². The predicted molar refractivity (Wildman–Crippen MR) is 116 cm³/mol. The normalized spacial score (nSPS) is 12.0. The summed E-state index contributed by atoms with van der Waals surface area (Å²) in [4.78, 5) is 12.0. The molecule has 0 atom stereocenters. The van der Waals surface area contributed by atoms with Crippen LogP contribution < -0.4 is 9.61 Å². The largest absolute Gasteiger partial charge is 0.416 e. The fourth-order valence-corrected chi connectivity index (χ4v) is 3.74. The molecule has 0 aromatic heterocycles. The minimum atomic E-state index is -4.51. The number of para-hydroxylation sites is 1. The molecule has 0 aliphatic rings. The second-order valence-electron chi connectivity index (χ2n) is 7.06. The van der Waals surface area contributed by atoms with Crippen molar-refractivity contribution in [2.75, 3.05) is 0 Å². The van der Waals surface area contributed by atoms with E-state index in [0.717, 1.165) is 17.7 Å². The molecule has 3 aromatic carbocycles. The van der Waals surface area contributed by atoms with E-state index in [2.05, 4.69) is 10.5 Å². The lowest BCUT2D eigenvalue weighted by Gasteiger charge is -2.09. The van der Waals surface area contributed by atoms with Crippen molar-refractivity contribution in [1.29, 1.82) is 0 Å². The van der Waals surface area contributed by atoms with Gasteiger partial charge in [-0.15, -0.1) is 0 Å². The van der Waals surface area contributed by atoms with Gasteiger partial charge < -0.3 is 4.18 Å². The summed E-state index contributed by atoms with van der Waals surface area (Å²) in [7, 11) is -4.09. The maximum atomic E-state index is 12.8. The van der Waals surface area contributed by atoms with Crippen molar-refractivity contribution >= 4 is 22.2 Å². The van der Waals surface area contributed by atoms with Crippen LogP contribution in [0, 0.1) is 6.92 Å². The van der Waals surface area contributed by atoms with Crippen LogP contribution in [0.4, 0.5) is 13.2 Å². The summed E-state index contributed by atoms with van der Waals surface area (Å²) >= 11 is 0. The van der Waals surface area contributed by atoms with Gasteiger partial charge in [-0.1, -0.05) is 48.0 Å². The molecule has 3 rings (SSSR count). The van der Waals surface area contributed by atoms with Crippen LogP contribution in [-0.4, -0.2) is 20.5 Å².